The molecule has 1 aromatic rings. The van der Waals surface area contributed by atoms with E-state index in [0.717, 1.165) is 31.2 Å². The SMILES string of the molecule is CCC(NC(=O)C1(CN)CCC1)c1cccc(Cl)c1. The standard InChI is InChI=1S/C15H21ClN2O/c1-2-13(11-5-3-6-12(16)9-11)18-14(19)15(10-17)7-4-8-15/h3,5-6,9,13H,2,4,7-8,10,17H2,1H3,(H,18,19). The van der Waals surface area contributed by atoms with Gasteiger partial charge in [-0.1, -0.05) is 37.1 Å². The molecule has 1 unspecified atom stereocenters. The number of hydrogen-bond acceptors (Lipinski definition) is 2. The number of nitrogens with two attached hydrogens (primary N) is 1. The minimum absolute atomic E-state index is 0.00947. The van der Waals surface area contributed by atoms with Gasteiger partial charge in [0.15, 0.2) is 0 Å². The smallest absolute Gasteiger partial charge is 0.227 e. The number of benzene rings is 1. The Morgan fingerprint density at radius 1 is 1.53 bits per heavy atom. The van der Waals surface area contributed by atoms with Gasteiger partial charge in [-0.15, -0.1) is 0 Å². The van der Waals surface area contributed by atoms with E-state index in [2.05, 4.69) is 12.2 Å². The van der Waals surface area contributed by atoms with Gasteiger partial charge in [-0.3, -0.25) is 4.79 Å². The minimum atomic E-state index is -0.327. The van der Waals surface area contributed by atoms with Crippen LogP contribution >= 0.6 is 11.6 Å². The predicted octanol–water partition coefficient (Wildman–Crippen LogP) is 3.04. The van der Waals surface area contributed by atoms with Crippen molar-refractivity contribution in [1.82, 2.24) is 5.32 Å². The molecule has 4 heteroatoms. The first-order valence-electron chi connectivity index (χ1n) is 6.88. The number of nitrogens with one attached hydrogen (secondary N) is 1. The molecule has 3 nitrogen and oxygen atoms in total. The summed E-state index contributed by atoms with van der Waals surface area (Å²) in [5.74, 6) is 0.0908. The number of hydrogen-bond donors (Lipinski definition) is 2. The van der Waals surface area contributed by atoms with Crippen LogP contribution in [-0.4, -0.2) is 12.5 Å². The Morgan fingerprint density at radius 3 is 2.74 bits per heavy atom. The minimum Gasteiger partial charge on any atom is -0.349 e. The van der Waals surface area contributed by atoms with E-state index in [4.69, 9.17) is 17.3 Å². The first kappa shape index (κ1) is 14.4. The Hall–Kier alpha value is -1.06. The van der Waals surface area contributed by atoms with Crippen LogP contribution in [0.15, 0.2) is 24.3 Å². The molecule has 0 saturated heterocycles. The highest BCUT2D eigenvalue weighted by Crippen LogP contribution is 2.40. The molecule has 1 saturated carbocycles. The second kappa shape index (κ2) is 5.93. The summed E-state index contributed by atoms with van der Waals surface area (Å²) in [7, 11) is 0. The van der Waals surface area contributed by atoms with Gasteiger partial charge in [-0.05, 0) is 37.0 Å². The first-order valence-corrected chi connectivity index (χ1v) is 7.25. The Morgan fingerprint density at radius 2 is 2.26 bits per heavy atom. The van der Waals surface area contributed by atoms with Crippen LogP contribution in [0, 0.1) is 5.41 Å². The van der Waals surface area contributed by atoms with Gasteiger partial charge >= 0.3 is 0 Å². The molecule has 104 valence electrons. The van der Waals surface area contributed by atoms with Gasteiger partial charge < -0.3 is 11.1 Å². The molecule has 1 atom stereocenters. The van der Waals surface area contributed by atoms with Gasteiger partial charge in [0, 0.05) is 11.6 Å². The molecular formula is C15H21ClN2O. The number of carbonyl (C=O) groups is 1. The lowest BCUT2D eigenvalue weighted by Gasteiger charge is -2.40. The van der Waals surface area contributed by atoms with Crippen molar-refractivity contribution in [3.8, 4) is 0 Å². The highest BCUT2D eigenvalue weighted by molar-refractivity contribution is 6.30. The fourth-order valence-corrected chi connectivity index (χ4v) is 2.78. The van der Waals surface area contributed by atoms with E-state index >= 15 is 0 Å². The summed E-state index contributed by atoms with van der Waals surface area (Å²) in [5.41, 5.74) is 6.49. The molecule has 0 aromatic heterocycles. The fraction of sp³-hybridized carbons (Fsp3) is 0.533. The lowest BCUT2D eigenvalue weighted by molar-refractivity contribution is -0.136. The second-order valence-corrected chi connectivity index (χ2v) is 5.76. The first-order chi connectivity index (χ1) is 9.11. The van der Waals surface area contributed by atoms with Gasteiger partial charge in [0.1, 0.15) is 0 Å². The Balaban J connectivity index is 2.09. The number of carbonyl (C=O) groups excluding carboxylic acids is 1. The van der Waals surface area contributed by atoms with Crippen molar-refractivity contribution in [3.05, 3.63) is 34.9 Å². The van der Waals surface area contributed by atoms with E-state index in [1.54, 1.807) is 0 Å². The normalized spacial score (nSPS) is 18.5. The molecule has 0 heterocycles. The molecule has 0 bridgehead atoms. The summed E-state index contributed by atoms with van der Waals surface area (Å²) in [4.78, 5) is 12.4. The average Bonchev–Trinajstić information content (AvgIpc) is 2.35. The molecule has 1 aromatic carbocycles. The van der Waals surface area contributed by atoms with Crippen LogP contribution in [0.1, 0.15) is 44.2 Å². The Labute approximate surface area is 119 Å². The summed E-state index contributed by atoms with van der Waals surface area (Å²) < 4.78 is 0. The molecule has 1 amide bonds. The largest absolute Gasteiger partial charge is 0.349 e. The van der Waals surface area contributed by atoms with Gasteiger partial charge in [-0.25, -0.2) is 0 Å². The van der Waals surface area contributed by atoms with Crippen LogP contribution in [0.3, 0.4) is 0 Å². The van der Waals surface area contributed by atoms with Crippen molar-refractivity contribution in [2.45, 2.75) is 38.6 Å². The fourth-order valence-electron chi connectivity index (χ4n) is 2.58. The van der Waals surface area contributed by atoms with Gasteiger partial charge in [-0.2, -0.15) is 0 Å². The van der Waals surface area contributed by atoms with E-state index in [1.807, 2.05) is 24.3 Å². The van der Waals surface area contributed by atoms with Crippen LogP contribution in [0.4, 0.5) is 0 Å². The Kier molecular flexibility index (Phi) is 4.48. The summed E-state index contributed by atoms with van der Waals surface area (Å²) in [6.45, 7) is 2.49. The maximum atomic E-state index is 12.4. The van der Waals surface area contributed by atoms with E-state index in [9.17, 15) is 4.79 Å². The quantitative estimate of drug-likeness (QED) is 0.871. The third kappa shape index (κ3) is 2.93. The van der Waals surface area contributed by atoms with Crippen molar-refractivity contribution < 1.29 is 4.79 Å². The number of halogens is 1. The lowest BCUT2D eigenvalue weighted by atomic mass is 9.68. The Bertz CT molecular complexity index is 452. The highest BCUT2D eigenvalue weighted by atomic mass is 35.5. The monoisotopic (exact) mass is 280 g/mol. The maximum absolute atomic E-state index is 12.4. The van der Waals surface area contributed by atoms with Crippen molar-refractivity contribution in [2.24, 2.45) is 11.1 Å². The van der Waals surface area contributed by atoms with E-state index in [-0.39, 0.29) is 17.4 Å². The van der Waals surface area contributed by atoms with Gasteiger partial charge in [0.25, 0.3) is 0 Å². The average molecular weight is 281 g/mol. The zero-order valence-corrected chi connectivity index (χ0v) is 12.0. The summed E-state index contributed by atoms with van der Waals surface area (Å²) >= 11 is 6.01. The molecule has 19 heavy (non-hydrogen) atoms. The van der Waals surface area contributed by atoms with Crippen molar-refractivity contribution in [3.63, 3.8) is 0 Å². The molecule has 0 aliphatic heterocycles. The predicted molar refractivity (Wildman–Crippen MR) is 78.0 cm³/mol. The van der Waals surface area contributed by atoms with Gasteiger partial charge in [0.05, 0.1) is 11.5 Å². The second-order valence-electron chi connectivity index (χ2n) is 5.33. The van der Waals surface area contributed by atoms with E-state index < -0.39 is 0 Å². The van der Waals surface area contributed by atoms with E-state index in [1.165, 1.54) is 0 Å². The van der Waals surface area contributed by atoms with Crippen LogP contribution in [-0.2, 0) is 4.79 Å². The number of amides is 1. The van der Waals surface area contributed by atoms with Crippen molar-refractivity contribution in [2.75, 3.05) is 6.54 Å². The maximum Gasteiger partial charge on any atom is 0.227 e. The van der Waals surface area contributed by atoms with Gasteiger partial charge in [0.2, 0.25) is 5.91 Å². The molecule has 0 radical (unpaired) electrons. The molecule has 0 spiro atoms. The lowest BCUT2D eigenvalue weighted by Crippen LogP contribution is -2.51. The summed E-state index contributed by atoms with van der Waals surface area (Å²) in [6, 6.07) is 7.67. The molecular weight excluding hydrogens is 260 g/mol. The van der Waals surface area contributed by atoms with Crippen LogP contribution in [0.5, 0.6) is 0 Å². The highest BCUT2D eigenvalue weighted by Gasteiger charge is 2.43. The van der Waals surface area contributed by atoms with Crippen molar-refractivity contribution >= 4 is 17.5 Å². The molecule has 1 aliphatic rings. The van der Waals surface area contributed by atoms with Crippen molar-refractivity contribution in [1.29, 1.82) is 0 Å². The van der Waals surface area contributed by atoms with Crippen LogP contribution in [0.2, 0.25) is 5.02 Å². The van der Waals surface area contributed by atoms with Crippen LogP contribution < -0.4 is 11.1 Å². The third-order valence-corrected chi connectivity index (χ3v) is 4.38. The molecule has 1 aliphatic carbocycles. The molecule has 3 N–H and O–H groups in total. The molecule has 1 fully saturated rings. The summed E-state index contributed by atoms with van der Waals surface area (Å²) in [6.07, 6.45) is 3.74. The van der Waals surface area contributed by atoms with Crippen LogP contribution in [0.25, 0.3) is 0 Å². The van der Waals surface area contributed by atoms with E-state index in [0.29, 0.717) is 11.6 Å². The number of rotatable bonds is 5. The summed E-state index contributed by atoms with van der Waals surface area (Å²) in [5, 5.41) is 3.82. The zero-order chi connectivity index (χ0) is 13.9. The topological polar surface area (TPSA) is 55.1 Å². The molecule has 2 rings (SSSR count). The third-order valence-electron chi connectivity index (χ3n) is 4.15. The zero-order valence-electron chi connectivity index (χ0n) is 11.3.